The molecule has 0 aromatic carbocycles. The molecule has 100 valence electrons. The Morgan fingerprint density at radius 3 is 3.10 bits per heavy atom. The van der Waals surface area contributed by atoms with Crippen molar-refractivity contribution in [1.82, 2.24) is 15.0 Å². The first-order valence-electron chi connectivity index (χ1n) is 6.36. The van der Waals surface area contributed by atoms with Crippen molar-refractivity contribution in [1.29, 1.82) is 0 Å². The highest BCUT2D eigenvalue weighted by Crippen LogP contribution is 2.35. The summed E-state index contributed by atoms with van der Waals surface area (Å²) in [5.41, 5.74) is 1.76. The monoisotopic (exact) mass is 301 g/mol. The van der Waals surface area contributed by atoms with Crippen LogP contribution < -0.4 is 5.56 Å². The number of nitrogens with zero attached hydrogens (tertiary/aromatic N) is 2. The summed E-state index contributed by atoms with van der Waals surface area (Å²) in [4.78, 5) is 26.3. The second-order valence-corrected chi connectivity index (χ2v) is 6.83. The maximum absolute atomic E-state index is 12.3. The molecule has 4 rings (SSSR count). The van der Waals surface area contributed by atoms with E-state index >= 15 is 0 Å². The maximum Gasteiger partial charge on any atom is 0.282 e. The molecule has 0 unspecified atom stereocenters. The van der Waals surface area contributed by atoms with E-state index in [9.17, 15) is 4.79 Å². The third kappa shape index (κ3) is 1.87. The minimum absolute atomic E-state index is 0.135. The van der Waals surface area contributed by atoms with E-state index in [2.05, 4.69) is 15.0 Å². The molecule has 6 heteroatoms. The Labute approximate surface area is 123 Å². The van der Waals surface area contributed by atoms with Gasteiger partial charge in [0.2, 0.25) is 0 Å². The fourth-order valence-corrected chi connectivity index (χ4v) is 4.84. The molecular weight excluding hydrogens is 290 g/mol. The first-order chi connectivity index (χ1) is 9.83. The number of rotatable bonds is 1. The van der Waals surface area contributed by atoms with Gasteiger partial charge in [-0.1, -0.05) is 6.07 Å². The van der Waals surface area contributed by atoms with Crippen LogP contribution in [-0.4, -0.2) is 20.7 Å². The molecule has 0 aliphatic carbocycles. The van der Waals surface area contributed by atoms with Crippen molar-refractivity contribution in [2.75, 3.05) is 5.75 Å². The summed E-state index contributed by atoms with van der Waals surface area (Å²) in [5.74, 6) is 2.63. The Kier molecular flexibility index (Phi) is 2.85. The predicted octanol–water partition coefficient (Wildman–Crippen LogP) is 2.84. The zero-order valence-corrected chi connectivity index (χ0v) is 12.2. The van der Waals surface area contributed by atoms with Gasteiger partial charge in [0.25, 0.3) is 5.56 Å². The molecule has 1 aliphatic heterocycles. The van der Waals surface area contributed by atoms with E-state index in [-0.39, 0.29) is 5.56 Å². The highest BCUT2D eigenvalue weighted by atomic mass is 32.2. The van der Waals surface area contributed by atoms with Gasteiger partial charge < -0.3 is 4.98 Å². The van der Waals surface area contributed by atoms with E-state index < -0.39 is 0 Å². The van der Waals surface area contributed by atoms with Crippen LogP contribution in [0.5, 0.6) is 0 Å². The number of aryl methyl sites for hydroxylation is 1. The Hall–Kier alpha value is -1.66. The van der Waals surface area contributed by atoms with Crippen LogP contribution in [0, 0.1) is 0 Å². The van der Waals surface area contributed by atoms with Gasteiger partial charge in [0.15, 0.2) is 5.82 Å². The zero-order chi connectivity index (χ0) is 13.5. The molecule has 0 atom stereocenters. The van der Waals surface area contributed by atoms with Gasteiger partial charge in [-0.3, -0.25) is 9.78 Å². The fourth-order valence-electron chi connectivity index (χ4n) is 2.46. The SMILES string of the molecule is O=c1nc(-c2ccccn2)[nH]c2sc3c(c12)CCSC3. The number of nitrogens with one attached hydrogen (secondary N) is 1. The van der Waals surface area contributed by atoms with E-state index in [1.807, 2.05) is 30.0 Å². The second-order valence-electron chi connectivity index (χ2n) is 4.62. The molecule has 0 bridgehead atoms. The summed E-state index contributed by atoms with van der Waals surface area (Å²) in [7, 11) is 0. The van der Waals surface area contributed by atoms with Gasteiger partial charge in [-0.25, -0.2) is 0 Å². The van der Waals surface area contributed by atoms with Crippen LogP contribution in [0.4, 0.5) is 0 Å². The van der Waals surface area contributed by atoms with E-state index in [0.717, 1.165) is 28.1 Å². The first-order valence-corrected chi connectivity index (χ1v) is 8.34. The van der Waals surface area contributed by atoms with Crippen LogP contribution in [-0.2, 0) is 12.2 Å². The lowest BCUT2D eigenvalue weighted by atomic mass is 10.1. The van der Waals surface area contributed by atoms with Crippen molar-refractivity contribution in [3.8, 4) is 11.5 Å². The van der Waals surface area contributed by atoms with Crippen molar-refractivity contribution in [2.45, 2.75) is 12.2 Å². The number of thiophene rings is 1. The number of aromatic amines is 1. The Bertz CT molecular complexity index is 839. The lowest BCUT2D eigenvalue weighted by Gasteiger charge is -2.09. The van der Waals surface area contributed by atoms with Crippen LogP contribution in [0.2, 0.25) is 0 Å². The number of fused-ring (bicyclic) bond motifs is 3. The molecule has 1 N–H and O–H groups in total. The number of hydrogen-bond donors (Lipinski definition) is 1. The molecule has 0 fully saturated rings. The molecule has 3 aromatic rings. The Morgan fingerprint density at radius 1 is 1.30 bits per heavy atom. The van der Waals surface area contributed by atoms with Crippen molar-refractivity contribution in [3.63, 3.8) is 0 Å². The van der Waals surface area contributed by atoms with Crippen molar-refractivity contribution in [2.24, 2.45) is 0 Å². The zero-order valence-electron chi connectivity index (χ0n) is 10.5. The standard InChI is InChI=1S/C14H11N3OS2/c18-13-11-8-4-6-19-7-10(8)20-14(11)17-12(16-13)9-3-1-2-5-15-9/h1-3,5H,4,6-7H2,(H,16,17,18). The molecular formula is C14H11N3OS2. The number of thioether (sulfide) groups is 1. The minimum Gasteiger partial charge on any atom is -0.329 e. The largest absolute Gasteiger partial charge is 0.329 e. The lowest BCUT2D eigenvalue weighted by Crippen LogP contribution is -2.11. The van der Waals surface area contributed by atoms with Gasteiger partial charge in [-0.05, 0) is 29.9 Å². The molecule has 4 heterocycles. The summed E-state index contributed by atoms with van der Waals surface area (Å²) in [6.45, 7) is 0. The van der Waals surface area contributed by atoms with Crippen LogP contribution in [0.25, 0.3) is 21.7 Å². The lowest BCUT2D eigenvalue weighted by molar-refractivity contribution is 1.11. The highest BCUT2D eigenvalue weighted by Gasteiger charge is 2.20. The van der Waals surface area contributed by atoms with Crippen molar-refractivity contribution in [3.05, 3.63) is 45.2 Å². The summed E-state index contributed by atoms with van der Waals surface area (Å²) >= 11 is 3.60. The van der Waals surface area contributed by atoms with Gasteiger partial charge >= 0.3 is 0 Å². The van der Waals surface area contributed by atoms with Crippen molar-refractivity contribution >= 4 is 33.3 Å². The van der Waals surface area contributed by atoms with Gasteiger partial charge in [0, 0.05) is 16.8 Å². The third-order valence-electron chi connectivity index (χ3n) is 3.39. The van der Waals surface area contributed by atoms with Gasteiger partial charge in [-0.2, -0.15) is 16.7 Å². The molecule has 0 saturated heterocycles. The number of hydrogen-bond acceptors (Lipinski definition) is 5. The summed E-state index contributed by atoms with van der Waals surface area (Å²) < 4.78 is 0. The molecule has 20 heavy (non-hydrogen) atoms. The number of aromatic nitrogens is 3. The maximum atomic E-state index is 12.3. The van der Waals surface area contributed by atoms with E-state index in [1.54, 1.807) is 17.5 Å². The average Bonchev–Trinajstić information content (AvgIpc) is 2.87. The molecule has 0 saturated carbocycles. The van der Waals surface area contributed by atoms with Crippen LogP contribution in [0.1, 0.15) is 10.4 Å². The summed E-state index contributed by atoms with van der Waals surface area (Å²) in [6.07, 6.45) is 2.67. The minimum atomic E-state index is -0.135. The molecule has 0 amide bonds. The van der Waals surface area contributed by atoms with Gasteiger partial charge in [0.1, 0.15) is 10.5 Å². The predicted molar refractivity (Wildman–Crippen MR) is 83.3 cm³/mol. The number of H-pyrrole nitrogens is 1. The van der Waals surface area contributed by atoms with Crippen molar-refractivity contribution < 1.29 is 0 Å². The van der Waals surface area contributed by atoms with E-state index in [1.165, 1.54) is 10.4 Å². The molecule has 1 aliphatic rings. The molecule has 3 aromatic heterocycles. The summed E-state index contributed by atoms with van der Waals surface area (Å²) in [6, 6.07) is 5.59. The molecule has 4 nitrogen and oxygen atoms in total. The Morgan fingerprint density at radius 2 is 2.25 bits per heavy atom. The van der Waals surface area contributed by atoms with Gasteiger partial charge in [-0.15, -0.1) is 11.3 Å². The normalized spacial score (nSPS) is 14.4. The highest BCUT2D eigenvalue weighted by molar-refractivity contribution is 7.98. The Balaban J connectivity index is 1.97. The molecule has 0 radical (unpaired) electrons. The second kappa shape index (κ2) is 4.71. The van der Waals surface area contributed by atoms with Crippen LogP contribution >= 0.6 is 23.1 Å². The quantitative estimate of drug-likeness (QED) is 0.751. The summed E-state index contributed by atoms with van der Waals surface area (Å²) in [5, 5.41) is 0.782. The fraction of sp³-hybridized carbons (Fsp3) is 0.214. The number of pyridine rings is 1. The van der Waals surface area contributed by atoms with Crippen LogP contribution in [0.3, 0.4) is 0 Å². The van der Waals surface area contributed by atoms with E-state index in [4.69, 9.17) is 0 Å². The van der Waals surface area contributed by atoms with E-state index in [0.29, 0.717) is 11.5 Å². The molecule has 0 spiro atoms. The topological polar surface area (TPSA) is 58.6 Å². The smallest absolute Gasteiger partial charge is 0.282 e. The van der Waals surface area contributed by atoms with Crippen LogP contribution in [0.15, 0.2) is 29.2 Å². The first kappa shape index (κ1) is 12.1. The van der Waals surface area contributed by atoms with Gasteiger partial charge in [0.05, 0.1) is 5.39 Å². The average molecular weight is 301 g/mol. The third-order valence-corrected chi connectivity index (χ3v) is 5.70.